The standard InChI is InChI=1S/4C9H17N5O.4C2H6/c2*1-2-14-8(10)12-9(13-14)11-6-7-4-3-5-15-7;2*1-2-14-9(12-8(10)13-14)11-6-7-4-3-5-15-7;4*1-2/h4*7H,2-6H2,1H3,(H3,10,11,12,13);4*1-2H3. The number of hydrogen-bond acceptors (Lipinski definition) is 20. The third-order valence-electron chi connectivity index (χ3n) is 10.0. The van der Waals surface area contributed by atoms with E-state index in [1.165, 1.54) is 0 Å². The second-order valence-corrected chi connectivity index (χ2v) is 14.5. The molecule has 4 fully saturated rings. The molecule has 392 valence electrons. The van der Waals surface area contributed by atoms with E-state index in [0.29, 0.717) is 60.1 Å². The lowest BCUT2D eigenvalue weighted by atomic mass is 10.2. The van der Waals surface area contributed by atoms with Crippen molar-refractivity contribution in [1.29, 1.82) is 0 Å². The van der Waals surface area contributed by atoms with Gasteiger partial charge in [0.05, 0.1) is 24.4 Å². The van der Waals surface area contributed by atoms with Crippen molar-refractivity contribution in [2.24, 2.45) is 0 Å². The smallest absolute Gasteiger partial charge is 0.244 e. The number of hydrogen-bond donors (Lipinski definition) is 8. The zero-order valence-corrected chi connectivity index (χ0v) is 43.8. The average molecular weight is 965 g/mol. The maximum absolute atomic E-state index is 5.65. The van der Waals surface area contributed by atoms with Gasteiger partial charge in [-0.3, -0.25) is 0 Å². The first-order chi connectivity index (χ1) is 33.2. The number of nitrogens with zero attached hydrogens (tertiary/aromatic N) is 12. The molecule has 8 heterocycles. The Hall–Kier alpha value is -5.20. The molecule has 4 aliphatic rings. The minimum absolute atomic E-state index is 0.291. The van der Waals surface area contributed by atoms with Crippen LogP contribution in [-0.2, 0) is 45.1 Å². The number of nitrogens with one attached hydrogen (secondary N) is 4. The van der Waals surface area contributed by atoms with Crippen LogP contribution in [0.4, 0.5) is 47.6 Å². The summed E-state index contributed by atoms with van der Waals surface area (Å²) in [5.74, 6) is 4.16. The summed E-state index contributed by atoms with van der Waals surface area (Å²) in [6.07, 6.45) is 10.2. The van der Waals surface area contributed by atoms with Crippen LogP contribution in [0.2, 0.25) is 0 Å². The van der Waals surface area contributed by atoms with Gasteiger partial charge in [-0.05, 0) is 79.1 Å². The number of rotatable bonds is 16. The number of aromatic nitrogens is 12. The Kier molecular flexibility index (Phi) is 32.9. The quantitative estimate of drug-likeness (QED) is 0.0639. The summed E-state index contributed by atoms with van der Waals surface area (Å²) in [7, 11) is 0. The van der Waals surface area contributed by atoms with Crippen molar-refractivity contribution < 1.29 is 18.9 Å². The van der Waals surface area contributed by atoms with Gasteiger partial charge in [-0.1, -0.05) is 55.4 Å². The van der Waals surface area contributed by atoms with Crippen molar-refractivity contribution in [2.75, 3.05) is 96.8 Å². The molecule has 0 aliphatic carbocycles. The van der Waals surface area contributed by atoms with Gasteiger partial charge >= 0.3 is 0 Å². The van der Waals surface area contributed by atoms with E-state index in [0.717, 1.165) is 142 Å². The molecule has 0 saturated carbocycles. The van der Waals surface area contributed by atoms with E-state index in [2.05, 4.69) is 61.6 Å². The van der Waals surface area contributed by atoms with Crippen molar-refractivity contribution in [3.05, 3.63) is 0 Å². The van der Waals surface area contributed by atoms with Crippen LogP contribution in [0.5, 0.6) is 0 Å². The summed E-state index contributed by atoms with van der Waals surface area (Å²) in [5, 5.41) is 29.2. The molecule has 0 radical (unpaired) electrons. The van der Waals surface area contributed by atoms with Crippen molar-refractivity contribution in [2.45, 2.75) is 185 Å². The largest absolute Gasteiger partial charge is 0.376 e. The van der Waals surface area contributed by atoms with Crippen LogP contribution in [0, 0.1) is 0 Å². The van der Waals surface area contributed by atoms with Crippen molar-refractivity contribution >= 4 is 47.6 Å². The SMILES string of the molecule is CC.CC.CC.CC.CCn1nc(N)nc1NCC1CCCO1.CCn1nc(N)nc1NCC1CCCO1.CCn1nc(NCC2CCCO2)nc1N.CCn1nc(NCC2CCCO2)nc1N. The highest BCUT2D eigenvalue weighted by Crippen LogP contribution is 2.16. The lowest BCUT2D eigenvalue weighted by Gasteiger charge is -2.10. The first kappa shape index (κ1) is 60.8. The number of nitrogens with two attached hydrogens (primary N) is 4. The molecular formula is C44H92N20O4. The van der Waals surface area contributed by atoms with Crippen LogP contribution in [0.25, 0.3) is 0 Å². The number of ether oxygens (including phenoxy) is 4. The molecule has 4 aromatic heterocycles. The van der Waals surface area contributed by atoms with Gasteiger partial charge in [0.1, 0.15) is 0 Å². The van der Waals surface area contributed by atoms with Gasteiger partial charge in [0.2, 0.25) is 47.6 Å². The van der Waals surface area contributed by atoms with Crippen LogP contribution >= 0.6 is 0 Å². The van der Waals surface area contributed by atoms with Gasteiger partial charge in [-0.15, -0.1) is 20.4 Å². The molecule has 68 heavy (non-hydrogen) atoms. The van der Waals surface area contributed by atoms with Gasteiger partial charge in [-0.25, -0.2) is 18.7 Å². The molecule has 24 heteroatoms. The lowest BCUT2D eigenvalue weighted by molar-refractivity contribution is 0.120. The Labute approximate surface area is 406 Å². The van der Waals surface area contributed by atoms with Gasteiger partial charge in [0.25, 0.3) is 0 Å². The molecule has 4 unspecified atom stereocenters. The molecule has 24 nitrogen and oxygen atoms in total. The monoisotopic (exact) mass is 965 g/mol. The maximum atomic E-state index is 5.65. The summed E-state index contributed by atoms with van der Waals surface area (Å²) < 4.78 is 28.8. The molecular weight excluding hydrogens is 873 g/mol. The van der Waals surface area contributed by atoms with Crippen LogP contribution in [0.3, 0.4) is 0 Å². The van der Waals surface area contributed by atoms with E-state index >= 15 is 0 Å². The van der Waals surface area contributed by atoms with Crippen molar-refractivity contribution in [3.8, 4) is 0 Å². The maximum Gasteiger partial charge on any atom is 0.244 e. The third-order valence-corrected chi connectivity index (χ3v) is 10.0. The summed E-state index contributed by atoms with van der Waals surface area (Å²) in [5.41, 5.74) is 22.4. The molecule has 8 rings (SSSR count). The van der Waals surface area contributed by atoms with Crippen LogP contribution < -0.4 is 44.2 Å². The van der Waals surface area contributed by atoms with Crippen LogP contribution in [0.15, 0.2) is 0 Å². The Morgan fingerprint density at radius 1 is 0.412 bits per heavy atom. The van der Waals surface area contributed by atoms with E-state index < -0.39 is 0 Å². The first-order valence-corrected chi connectivity index (χ1v) is 25.4. The Balaban J connectivity index is 0.000000431. The normalized spacial score (nSPS) is 18.6. The molecule has 4 aliphatic heterocycles. The summed E-state index contributed by atoms with van der Waals surface area (Å²) in [6.45, 7) is 33.5. The van der Waals surface area contributed by atoms with E-state index in [1.54, 1.807) is 18.7 Å². The fourth-order valence-corrected chi connectivity index (χ4v) is 6.79. The Morgan fingerprint density at radius 2 is 0.691 bits per heavy atom. The molecule has 4 aromatic rings. The minimum atomic E-state index is 0.291. The first-order valence-electron chi connectivity index (χ1n) is 25.4. The number of anilines is 8. The zero-order chi connectivity index (χ0) is 50.7. The van der Waals surface area contributed by atoms with Crippen LogP contribution in [-0.4, -0.2) is 136 Å². The Morgan fingerprint density at radius 3 is 0.926 bits per heavy atom. The van der Waals surface area contributed by atoms with E-state index in [-0.39, 0.29) is 0 Å². The molecule has 0 amide bonds. The Bertz CT molecular complexity index is 1660. The highest BCUT2D eigenvalue weighted by Gasteiger charge is 2.19. The molecule has 0 aromatic carbocycles. The van der Waals surface area contributed by atoms with E-state index in [9.17, 15) is 0 Å². The van der Waals surface area contributed by atoms with Gasteiger partial charge in [-0.2, -0.15) is 19.9 Å². The molecule has 4 atom stereocenters. The third kappa shape index (κ3) is 22.3. The minimum Gasteiger partial charge on any atom is -0.376 e. The highest BCUT2D eigenvalue weighted by atomic mass is 16.5. The molecule has 4 saturated heterocycles. The number of aryl methyl sites for hydroxylation is 4. The van der Waals surface area contributed by atoms with Crippen molar-refractivity contribution in [3.63, 3.8) is 0 Å². The number of nitrogen functional groups attached to an aromatic ring is 4. The predicted octanol–water partition coefficient (Wildman–Crippen LogP) is 5.99. The molecule has 12 N–H and O–H groups in total. The molecule has 0 bridgehead atoms. The lowest BCUT2D eigenvalue weighted by Crippen LogP contribution is -2.20. The predicted molar refractivity (Wildman–Crippen MR) is 276 cm³/mol. The summed E-state index contributed by atoms with van der Waals surface area (Å²) >= 11 is 0. The van der Waals surface area contributed by atoms with Gasteiger partial charge in [0, 0.05) is 78.8 Å². The average Bonchev–Trinajstić information content (AvgIpc) is 4.24. The van der Waals surface area contributed by atoms with Crippen molar-refractivity contribution in [1.82, 2.24) is 59.1 Å². The second-order valence-electron chi connectivity index (χ2n) is 14.5. The summed E-state index contributed by atoms with van der Waals surface area (Å²) in [6, 6.07) is 0. The van der Waals surface area contributed by atoms with Gasteiger partial charge < -0.3 is 63.1 Å². The fraction of sp³-hybridized carbons (Fsp3) is 0.818. The second kappa shape index (κ2) is 36.8. The van der Waals surface area contributed by atoms with Crippen LogP contribution in [0.1, 0.15) is 134 Å². The summed E-state index contributed by atoms with van der Waals surface area (Å²) in [4.78, 5) is 16.4. The van der Waals surface area contributed by atoms with E-state index in [4.69, 9.17) is 41.9 Å². The topological polar surface area (TPSA) is 312 Å². The fourth-order valence-electron chi connectivity index (χ4n) is 6.79. The van der Waals surface area contributed by atoms with E-state index in [1.807, 2.05) is 83.1 Å². The highest BCUT2D eigenvalue weighted by molar-refractivity contribution is 5.34. The zero-order valence-electron chi connectivity index (χ0n) is 43.8. The van der Waals surface area contributed by atoms with Gasteiger partial charge in [0.15, 0.2) is 0 Å². The molecule has 0 spiro atoms.